The summed E-state index contributed by atoms with van der Waals surface area (Å²) < 4.78 is 9.77. The molecule has 0 fully saturated rings. The number of allylic oxidation sites excluding steroid dienone is 2. The molecule has 0 spiro atoms. The Bertz CT molecular complexity index is 742. The van der Waals surface area contributed by atoms with Crippen molar-refractivity contribution in [3.05, 3.63) is 62.8 Å². The van der Waals surface area contributed by atoms with Crippen molar-refractivity contribution in [1.29, 1.82) is 0 Å². The number of methoxy groups -OCH3 is 1. The first-order valence-electron chi connectivity index (χ1n) is 7.11. The molecule has 0 saturated carbocycles. The molecule has 24 heavy (non-hydrogen) atoms. The summed E-state index contributed by atoms with van der Waals surface area (Å²) >= 11 is 1.53. The molecule has 1 aromatic rings. The van der Waals surface area contributed by atoms with Crippen LogP contribution in [-0.2, 0) is 9.47 Å². The largest absolute Gasteiger partial charge is 0.513 e. The van der Waals surface area contributed by atoms with Crippen LogP contribution in [0.15, 0.2) is 52.0 Å². The molecule has 0 amide bonds. The molecule has 7 nitrogen and oxygen atoms in total. The predicted octanol–water partition coefficient (Wildman–Crippen LogP) is 3.62. The van der Waals surface area contributed by atoms with Gasteiger partial charge >= 0.3 is 6.16 Å². The summed E-state index contributed by atoms with van der Waals surface area (Å²) in [6.45, 7) is 3.33. The van der Waals surface area contributed by atoms with Crippen LogP contribution >= 0.6 is 11.8 Å². The first kappa shape index (κ1) is 17.9. The maximum absolute atomic E-state index is 11.6. The van der Waals surface area contributed by atoms with Crippen LogP contribution in [-0.4, -0.2) is 24.4 Å². The first-order chi connectivity index (χ1) is 11.4. The third-order valence-corrected chi connectivity index (χ3v) is 4.37. The fourth-order valence-corrected chi connectivity index (χ4v) is 3.07. The van der Waals surface area contributed by atoms with E-state index in [9.17, 15) is 14.9 Å². The summed E-state index contributed by atoms with van der Waals surface area (Å²) in [5.41, 5.74) is 1.56. The van der Waals surface area contributed by atoms with Gasteiger partial charge in [0.25, 0.3) is 5.70 Å². The average Bonchev–Trinajstić information content (AvgIpc) is 2.56. The molecule has 1 aliphatic heterocycles. The summed E-state index contributed by atoms with van der Waals surface area (Å²) in [6.07, 6.45) is 1.00. The molecule has 1 atom stereocenters. The van der Waals surface area contributed by atoms with Gasteiger partial charge in [-0.05, 0) is 37.8 Å². The number of benzene rings is 1. The van der Waals surface area contributed by atoms with Gasteiger partial charge in [0, 0.05) is 4.90 Å². The number of nitrogens with zero attached hydrogens (tertiary/aromatic N) is 1. The molecule has 1 unspecified atom stereocenters. The zero-order valence-corrected chi connectivity index (χ0v) is 14.6. The van der Waals surface area contributed by atoms with Gasteiger partial charge in [0.1, 0.15) is 11.7 Å². The van der Waals surface area contributed by atoms with Crippen LogP contribution in [0.25, 0.3) is 0 Å². The minimum atomic E-state index is -0.917. The first-order valence-corrected chi connectivity index (χ1v) is 8.34. The molecule has 128 valence electrons. The number of thioether (sulfide) groups is 1. The van der Waals surface area contributed by atoms with Crippen molar-refractivity contribution in [3.63, 3.8) is 0 Å². The second-order valence-electron chi connectivity index (χ2n) is 5.15. The summed E-state index contributed by atoms with van der Waals surface area (Å²) in [5, 5.41) is 14.5. The van der Waals surface area contributed by atoms with Gasteiger partial charge in [-0.1, -0.05) is 12.1 Å². The molecule has 8 heteroatoms. The lowest BCUT2D eigenvalue weighted by Gasteiger charge is -2.26. The molecule has 0 bridgehead atoms. The molecular weight excluding hydrogens is 332 g/mol. The topological polar surface area (TPSA) is 90.7 Å². The van der Waals surface area contributed by atoms with Crippen LogP contribution < -0.4 is 5.32 Å². The number of dihydropyridines is 1. The van der Waals surface area contributed by atoms with Crippen molar-refractivity contribution in [2.75, 3.05) is 13.4 Å². The van der Waals surface area contributed by atoms with Gasteiger partial charge in [-0.2, -0.15) is 0 Å². The number of hydrogen-bond donors (Lipinski definition) is 1. The monoisotopic (exact) mass is 350 g/mol. The van der Waals surface area contributed by atoms with Crippen LogP contribution in [0.5, 0.6) is 0 Å². The standard InChI is InChI=1S/C16H18N2O5S/c1-9-14(18(20)21)13(11-6-5-7-12(8-11)24-4)15(10(2)17-9)23-16(19)22-3/h5-8,13,17H,1-4H3. The van der Waals surface area contributed by atoms with Crippen LogP contribution in [0.1, 0.15) is 25.3 Å². The summed E-state index contributed by atoms with van der Waals surface area (Å²) in [6, 6.07) is 7.36. The fraction of sp³-hybridized carbons (Fsp3) is 0.312. The number of nitro groups is 1. The van der Waals surface area contributed by atoms with E-state index in [1.807, 2.05) is 24.5 Å². The van der Waals surface area contributed by atoms with Crippen LogP contribution in [0.2, 0.25) is 0 Å². The maximum Gasteiger partial charge on any atom is 0.513 e. The third kappa shape index (κ3) is 3.53. The number of ether oxygens (including phenoxy) is 2. The molecule has 2 rings (SSSR count). The summed E-state index contributed by atoms with van der Waals surface area (Å²) in [7, 11) is 1.19. The van der Waals surface area contributed by atoms with Crippen LogP contribution in [0, 0.1) is 10.1 Å². The second-order valence-corrected chi connectivity index (χ2v) is 6.03. The van der Waals surface area contributed by atoms with Gasteiger partial charge in [-0.15, -0.1) is 11.8 Å². The highest BCUT2D eigenvalue weighted by Gasteiger charge is 2.39. The van der Waals surface area contributed by atoms with E-state index in [1.165, 1.54) is 18.9 Å². The zero-order valence-electron chi connectivity index (χ0n) is 13.8. The Morgan fingerprint density at radius 3 is 2.62 bits per heavy atom. The predicted molar refractivity (Wildman–Crippen MR) is 90.0 cm³/mol. The quantitative estimate of drug-likeness (QED) is 0.384. The molecule has 1 heterocycles. The molecule has 1 aliphatic rings. The number of nitrogens with one attached hydrogen (secondary N) is 1. The summed E-state index contributed by atoms with van der Waals surface area (Å²) in [5.74, 6) is -0.634. The maximum atomic E-state index is 11.6. The van der Waals surface area contributed by atoms with E-state index in [-0.39, 0.29) is 11.5 Å². The Morgan fingerprint density at radius 1 is 1.33 bits per heavy atom. The normalized spacial score (nSPS) is 17.4. The van der Waals surface area contributed by atoms with Crippen molar-refractivity contribution < 1.29 is 19.2 Å². The van der Waals surface area contributed by atoms with Crippen LogP contribution in [0.4, 0.5) is 4.79 Å². The Balaban J connectivity index is 2.61. The van der Waals surface area contributed by atoms with E-state index in [4.69, 9.17) is 4.74 Å². The van der Waals surface area contributed by atoms with Crippen molar-refractivity contribution in [1.82, 2.24) is 5.32 Å². The Morgan fingerprint density at radius 2 is 2.04 bits per heavy atom. The highest BCUT2D eigenvalue weighted by molar-refractivity contribution is 7.98. The van der Waals surface area contributed by atoms with Gasteiger partial charge < -0.3 is 14.8 Å². The zero-order chi connectivity index (χ0) is 17.9. The molecular formula is C16H18N2O5S. The lowest BCUT2D eigenvalue weighted by atomic mass is 9.89. The smallest absolute Gasteiger partial charge is 0.437 e. The Hall–Kier alpha value is -2.48. The van der Waals surface area contributed by atoms with Gasteiger partial charge in [0.05, 0.1) is 23.4 Å². The van der Waals surface area contributed by atoms with Gasteiger partial charge in [0.15, 0.2) is 0 Å². The van der Waals surface area contributed by atoms with Crippen molar-refractivity contribution in [3.8, 4) is 0 Å². The number of carbonyl (C=O) groups excluding carboxylic acids is 1. The Labute approximate surface area is 143 Å². The third-order valence-electron chi connectivity index (χ3n) is 3.65. The number of rotatable bonds is 4. The number of carbonyl (C=O) groups is 1. The highest BCUT2D eigenvalue weighted by atomic mass is 32.2. The Kier molecular flexibility index (Phi) is 5.50. The molecule has 0 radical (unpaired) electrons. The van der Waals surface area contributed by atoms with Crippen molar-refractivity contribution in [2.45, 2.75) is 24.7 Å². The van der Waals surface area contributed by atoms with E-state index in [0.717, 1.165) is 4.90 Å². The van der Waals surface area contributed by atoms with Gasteiger partial charge in [-0.3, -0.25) is 10.1 Å². The lowest BCUT2D eigenvalue weighted by Crippen LogP contribution is -2.29. The van der Waals surface area contributed by atoms with E-state index in [1.54, 1.807) is 19.9 Å². The van der Waals surface area contributed by atoms with E-state index in [0.29, 0.717) is 17.0 Å². The highest BCUT2D eigenvalue weighted by Crippen LogP contribution is 2.39. The fourth-order valence-electron chi connectivity index (χ4n) is 2.60. The molecule has 0 saturated heterocycles. The van der Waals surface area contributed by atoms with E-state index < -0.39 is 17.0 Å². The van der Waals surface area contributed by atoms with Gasteiger partial charge in [-0.25, -0.2) is 4.79 Å². The van der Waals surface area contributed by atoms with Crippen molar-refractivity contribution in [2.24, 2.45) is 0 Å². The minimum Gasteiger partial charge on any atom is -0.437 e. The molecule has 1 aromatic carbocycles. The van der Waals surface area contributed by atoms with E-state index >= 15 is 0 Å². The average molecular weight is 350 g/mol. The van der Waals surface area contributed by atoms with E-state index in [2.05, 4.69) is 10.1 Å². The molecule has 0 aliphatic carbocycles. The second kappa shape index (κ2) is 7.39. The van der Waals surface area contributed by atoms with Crippen LogP contribution in [0.3, 0.4) is 0 Å². The molecule has 1 N–H and O–H groups in total. The molecule has 0 aromatic heterocycles. The lowest BCUT2D eigenvalue weighted by molar-refractivity contribution is -0.431. The van der Waals surface area contributed by atoms with Gasteiger partial charge in [0.2, 0.25) is 0 Å². The number of hydrogen-bond acceptors (Lipinski definition) is 7. The summed E-state index contributed by atoms with van der Waals surface area (Å²) in [4.78, 5) is 23.7. The SMILES string of the molecule is COC(=O)OC1=C(C)NC(C)=C([N+](=O)[O-])C1c1cccc(SC)c1. The minimum absolute atomic E-state index is 0.0576. The van der Waals surface area contributed by atoms with Crippen molar-refractivity contribution >= 4 is 17.9 Å².